The first-order valence-corrected chi connectivity index (χ1v) is 11.5. The Morgan fingerprint density at radius 3 is 2.00 bits per heavy atom. The number of hydrogen-bond donors (Lipinski definition) is 1. The van der Waals surface area contributed by atoms with Crippen molar-refractivity contribution in [3.05, 3.63) is 16.3 Å². The van der Waals surface area contributed by atoms with Crippen LogP contribution in [0.4, 0.5) is 24.5 Å². The van der Waals surface area contributed by atoms with E-state index in [-0.39, 0.29) is 18.5 Å². The summed E-state index contributed by atoms with van der Waals surface area (Å²) >= 11 is 4.99. The second-order valence-electron chi connectivity index (χ2n) is 5.12. The van der Waals surface area contributed by atoms with E-state index in [1.807, 2.05) is 0 Å². The summed E-state index contributed by atoms with van der Waals surface area (Å²) in [6.07, 6.45) is 0. The molecular weight excluding hydrogens is 748 g/mol. The Balaban J connectivity index is 3.97. The molecular formula is C13H10F3I3N3O5S-. The van der Waals surface area contributed by atoms with E-state index in [0.717, 1.165) is 4.90 Å². The van der Waals surface area contributed by atoms with E-state index >= 15 is 0 Å². The lowest BCUT2D eigenvalue weighted by molar-refractivity contribution is -0.212. The van der Waals surface area contributed by atoms with Crippen molar-refractivity contribution in [2.24, 2.45) is 4.40 Å². The first-order chi connectivity index (χ1) is 12.5. The highest BCUT2D eigenvalue weighted by molar-refractivity contribution is 14.1. The molecule has 1 aromatic carbocycles. The fourth-order valence-electron chi connectivity index (χ4n) is 1.78. The molecule has 156 valence electrons. The van der Waals surface area contributed by atoms with E-state index in [4.69, 9.17) is 0 Å². The molecule has 0 fully saturated rings. The van der Waals surface area contributed by atoms with Crippen LogP contribution in [0.3, 0.4) is 0 Å². The van der Waals surface area contributed by atoms with Crippen molar-refractivity contribution < 1.29 is 36.3 Å². The highest BCUT2D eigenvalue weighted by atomic mass is 127. The average molecular weight is 758 g/mol. The number of hydrogen-bond acceptors (Lipinski definition) is 5. The van der Waals surface area contributed by atoms with Gasteiger partial charge in [-0.2, -0.15) is 26.0 Å². The largest absolute Gasteiger partial charge is 0.858 e. The molecule has 0 atom stereocenters. The number of sulfonamides is 1. The van der Waals surface area contributed by atoms with Crippen molar-refractivity contribution in [1.29, 1.82) is 0 Å². The number of amides is 2. The maximum absolute atomic E-state index is 12.6. The quantitative estimate of drug-likeness (QED) is 0.288. The second kappa shape index (κ2) is 9.14. The summed E-state index contributed by atoms with van der Waals surface area (Å²) in [6, 6.07) is 0. The maximum atomic E-state index is 12.6. The molecule has 1 rings (SSSR count). The molecule has 0 aliphatic heterocycles. The molecule has 1 aromatic rings. The Kier molecular flexibility index (Phi) is 8.36. The number of nitrogens with zero attached hydrogens (tertiary/aromatic N) is 2. The lowest BCUT2D eigenvalue weighted by atomic mass is 10.1. The molecule has 0 unspecified atom stereocenters. The van der Waals surface area contributed by atoms with Crippen LogP contribution in [0.5, 0.6) is 0 Å². The molecule has 8 nitrogen and oxygen atoms in total. The monoisotopic (exact) mass is 758 g/mol. The smallest absolute Gasteiger partial charge is 0.518 e. The van der Waals surface area contributed by atoms with Crippen molar-refractivity contribution >= 4 is 107 Å². The zero-order chi connectivity index (χ0) is 22.2. The van der Waals surface area contributed by atoms with Gasteiger partial charge >= 0.3 is 15.5 Å². The van der Waals surface area contributed by atoms with Gasteiger partial charge in [0.25, 0.3) is 0 Å². The summed E-state index contributed by atoms with van der Waals surface area (Å²) in [7, 11) is -4.72. The van der Waals surface area contributed by atoms with Crippen molar-refractivity contribution in [2.45, 2.75) is 19.4 Å². The first-order valence-electron chi connectivity index (χ1n) is 6.83. The summed E-state index contributed by atoms with van der Waals surface area (Å²) in [6.45, 7) is 2.38. The molecule has 0 saturated carbocycles. The normalized spacial score (nSPS) is 12.7. The number of rotatable bonds is 4. The van der Waals surface area contributed by atoms with Gasteiger partial charge in [-0.3, -0.25) is 9.59 Å². The number of carbonyl (C=O) groups is 2. The molecule has 28 heavy (non-hydrogen) atoms. The molecule has 0 aliphatic carbocycles. The Morgan fingerprint density at radius 2 is 1.61 bits per heavy atom. The van der Waals surface area contributed by atoms with Crippen molar-refractivity contribution in [3.63, 3.8) is 0 Å². The van der Waals surface area contributed by atoms with Crippen molar-refractivity contribution in [1.82, 2.24) is 0 Å². The number of carbonyl (C=O) groups excluding carboxylic acids is 2. The zero-order valence-corrected chi connectivity index (χ0v) is 21.4. The SMILES string of the molecule is CC(=O)Nc1c(I)c(/C([O-])=N/S(=O)(=O)C(F)(F)F)c(I)c(N(C)C(C)=O)c1I. The van der Waals surface area contributed by atoms with Crippen LogP contribution >= 0.6 is 67.8 Å². The minimum Gasteiger partial charge on any atom is -0.858 e. The molecule has 0 bridgehead atoms. The molecule has 2 amide bonds. The molecule has 1 N–H and O–H groups in total. The predicted molar refractivity (Wildman–Crippen MR) is 119 cm³/mol. The minimum atomic E-state index is -6.08. The van der Waals surface area contributed by atoms with E-state index in [0.29, 0.717) is 3.57 Å². The topological polar surface area (TPSA) is 119 Å². The Hall–Kier alpha value is -0.440. The number of anilines is 2. The van der Waals surface area contributed by atoms with Crippen LogP contribution in [0, 0.1) is 10.7 Å². The molecule has 0 heterocycles. The zero-order valence-electron chi connectivity index (χ0n) is 14.1. The molecule has 0 radical (unpaired) electrons. The average Bonchev–Trinajstić information content (AvgIpc) is 2.49. The number of nitrogens with one attached hydrogen (secondary N) is 1. The predicted octanol–water partition coefficient (Wildman–Crippen LogP) is 2.40. The van der Waals surface area contributed by atoms with E-state index in [2.05, 4.69) is 9.71 Å². The van der Waals surface area contributed by atoms with Crippen molar-refractivity contribution in [3.8, 4) is 0 Å². The molecule has 0 aliphatic rings. The third kappa shape index (κ3) is 5.37. The highest BCUT2D eigenvalue weighted by Crippen LogP contribution is 2.40. The highest BCUT2D eigenvalue weighted by Gasteiger charge is 2.46. The van der Waals surface area contributed by atoms with E-state index in [1.165, 1.54) is 20.9 Å². The van der Waals surface area contributed by atoms with Crippen LogP contribution in [-0.4, -0.2) is 38.7 Å². The standard InChI is InChI=1S/C13H11F3I3N3O5S/c1-4(23)20-10-7(17)6(12(25)21-28(26,27)13(14,15)16)8(18)11(9(10)19)22(3)5(2)24/h1-3H3,(H,20,23)(H,21,25)/p-1. The number of benzene rings is 1. The van der Waals surface area contributed by atoms with Gasteiger partial charge in [0.05, 0.1) is 14.9 Å². The minimum absolute atomic E-state index is 0.00401. The lowest BCUT2D eigenvalue weighted by Gasteiger charge is -2.26. The van der Waals surface area contributed by atoms with Crippen LogP contribution in [0.1, 0.15) is 19.4 Å². The lowest BCUT2D eigenvalue weighted by Crippen LogP contribution is -2.31. The van der Waals surface area contributed by atoms with E-state index in [9.17, 15) is 36.3 Å². The second-order valence-corrected chi connectivity index (χ2v) is 9.95. The van der Waals surface area contributed by atoms with Crippen LogP contribution in [0.2, 0.25) is 0 Å². The molecule has 0 aromatic heterocycles. The Bertz CT molecular complexity index is 980. The third-order valence-electron chi connectivity index (χ3n) is 3.11. The van der Waals surface area contributed by atoms with Crippen LogP contribution < -0.4 is 15.3 Å². The van der Waals surface area contributed by atoms with Gasteiger partial charge in [-0.1, -0.05) is 0 Å². The van der Waals surface area contributed by atoms with Gasteiger partial charge in [0, 0.05) is 39.5 Å². The van der Waals surface area contributed by atoms with Crippen LogP contribution in [0.15, 0.2) is 4.40 Å². The summed E-state index contributed by atoms with van der Waals surface area (Å²) in [4.78, 5) is 24.4. The molecule has 0 saturated heterocycles. The Labute approximate surface area is 198 Å². The molecule has 0 spiro atoms. The van der Waals surface area contributed by atoms with Gasteiger partial charge < -0.3 is 15.3 Å². The van der Waals surface area contributed by atoms with Crippen LogP contribution in [-0.2, 0) is 19.6 Å². The van der Waals surface area contributed by atoms with Crippen LogP contribution in [0.25, 0.3) is 0 Å². The maximum Gasteiger partial charge on any atom is 0.518 e. The molecule has 15 heteroatoms. The van der Waals surface area contributed by atoms with Crippen molar-refractivity contribution in [2.75, 3.05) is 17.3 Å². The summed E-state index contributed by atoms with van der Waals surface area (Å²) in [5.74, 6) is -2.69. The van der Waals surface area contributed by atoms with Gasteiger partial charge in [0.15, 0.2) is 0 Å². The van der Waals surface area contributed by atoms with Gasteiger partial charge in [-0.15, -0.1) is 0 Å². The third-order valence-corrected chi connectivity index (χ3v) is 7.28. The summed E-state index contributed by atoms with van der Waals surface area (Å²) in [5, 5.41) is 14.8. The van der Waals surface area contributed by atoms with Gasteiger partial charge in [-0.25, -0.2) is 0 Å². The summed E-state index contributed by atoms with van der Waals surface area (Å²) < 4.78 is 63.0. The number of halogens is 6. The van der Waals surface area contributed by atoms with Gasteiger partial charge in [0.2, 0.25) is 11.8 Å². The fourth-order valence-corrected chi connectivity index (χ4v) is 6.82. The van der Waals surface area contributed by atoms with Gasteiger partial charge in [-0.05, 0) is 67.8 Å². The van der Waals surface area contributed by atoms with E-state index in [1.54, 1.807) is 67.8 Å². The summed E-state index contributed by atoms with van der Waals surface area (Å²) in [5.41, 5.74) is -6.08. The number of alkyl halides is 3. The van der Waals surface area contributed by atoms with E-state index < -0.39 is 38.8 Å². The first kappa shape index (κ1) is 25.6. The van der Waals surface area contributed by atoms with Gasteiger partial charge in [0.1, 0.15) is 0 Å². The Morgan fingerprint density at radius 1 is 1.11 bits per heavy atom. The fraction of sp³-hybridized carbons (Fsp3) is 0.308.